The number of ether oxygens (including phenoxy) is 1. The van der Waals surface area contributed by atoms with Gasteiger partial charge in [0.25, 0.3) is 5.91 Å². The summed E-state index contributed by atoms with van der Waals surface area (Å²) in [4.78, 5) is 17.3. The zero-order chi connectivity index (χ0) is 17.1. The molecular formula is C21H22N2O2. The highest BCUT2D eigenvalue weighted by atomic mass is 16.5. The third-order valence-corrected chi connectivity index (χ3v) is 4.84. The van der Waals surface area contributed by atoms with E-state index >= 15 is 0 Å². The van der Waals surface area contributed by atoms with Crippen molar-refractivity contribution in [2.45, 2.75) is 0 Å². The fourth-order valence-electron chi connectivity index (χ4n) is 3.48. The van der Waals surface area contributed by atoms with Crippen LogP contribution in [0.4, 0.5) is 5.69 Å². The van der Waals surface area contributed by atoms with Gasteiger partial charge in [0.15, 0.2) is 0 Å². The topological polar surface area (TPSA) is 32.8 Å². The summed E-state index contributed by atoms with van der Waals surface area (Å²) in [5.74, 6) is 0.101. The Morgan fingerprint density at radius 1 is 0.920 bits per heavy atom. The third-order valence-electron chi connectivity index (χ3n) is 4.84. The Hall–Kier alpha value is -2.59. The molecule has 0 saturated carbocycles. The molecule has 2 aromatic rings. The van der Waals surface area contributed by atoms with Crippen molar-refractivity contribution in [2.24, 2.45) is 0 Å². The Bertz CT molecular complexity index is 779. The second-order valence-corrected chi connectivity index (χ2v) is 6.40. The molecule has 4 rings (SSSR count). The number of hydrogen-bond donors (Lipinski definition) is 0. The molecule has 1 amide bonds. The molecule has 0 aliphatic carbocycles. The van der Waals surface area contributed by atoms with Crippen LogP contribution in [0.15, 0.2) is 60.7 Å². The average Bonchev–Trinajstić information content (AvgIpc) is 3.19. The van der Waals surface area contributed by atoms with Crippen LogP contribution in [0.1, 0.15) is 15.9 Å². The first-order chi connectivity index (χ1) is 12.3. The first-order valence-corrected chi connectivity index (χ1v) is 8.78. The molecule has 2 aliphatic heterocycles. The molecule has 0 spiro atoms. The highest BCUT2D eigenvalue weighted by Gasteiger charge is 2.25. The number of carbonyl (C=O) groups is 1. The highest BCUT2D eigenvalue weighted by Crippen LogP contribution is 2.26. The van der Waals surface area contributed by atoms with Gasteiger partial charge in [-0.1, -0.05) is 48.5 Å². The number of para-hydroxylation sites is 1. The zero-order valence-corrected chi connectivity index (χ0v) is 14.2. The number of rotatable bonds is 3. The number of benzene rings is 2. The van der Waals surface area contributed by atoms with Gasteiger partial charge in [-0.05, 0) is 23.3 Å². The second-order valence-electron chi connectivity index (χ2n) is 6.40. The summed E-state index contributed by atoms with van der Waals surface area (Å²) in [6.45, 7) is 4.42. The fourth-order valence-corrected chi connectivity index (χ4v) is 3.48. The lowest BCUT2D eigenvalue weighted by atomic mass is 10.1. The van der Waals surface area contributed by atoms with Gasteiger partial charge < -0.3 is 14.5 Å². The van der Waals surface area contributed by atoms with Crippen LogP contribution in [0.2, 0.25) is 0 Å². The van der Waals surface area contributed by atoms with Crippen molar-refractivity contribution < 1.29 is 9.53 Å². The largest absolute Gasteiger partial charge is 0.378 e. The molecule has 0 unspecified atom stereocenters. The zero-order valence-electron chi connectivity index (χ0n) is 14.2. The highest BCUT2D eigenvalue weighted by molar-refractivity contribution is 6.01. The van der Waals surface area contributed by atoms with Crippen LogP contribution in [-0.2, 0) is 4.74 Å². The van der Waals surface area contributed by atoms with Gasteiger partial charge in [-0.25, -0.2) is 0 Å². The van der Waals surface area contributed by atoms with Crippen molar-refractivity contribution in [3.05, 3.63) is 71.8 Å². The van der Waals surface area contributed by atoms with Gasteiger partial charge in [0.2, 0.25) is 0 Å². The van der Waals surface area contributed by atoms with Crippen LogP contribution < -0.4 is 4.90 Å². The van der Waals surface area contributed by atoms with Crippen molar-refractivity contribution in [1.29, 1.82) is 0 Å². The lowest BCUT2D eigenvalue weighted by molar-refractivity contribution is 0.0800. The Morgan fingerprint density at radius 3 is 2.44 bits per heavy atom. The molecule has 0 radical (unpaired) electrons. The summed E-state index contributed by atoms with van der Waals surface area (Å²) in [6.07, 6.45) is 2.16. The Kier molecular flexibility index (Phi) is 4.53. The molecule has 0 atom stereocenters. The summed E-state index contributed by atoms with van der Waals surface area (Å²) in [5.41, 5.74) is 4.22. The maximum atomic E-state index is 13.1. The first kappa shape index (κ1) is 15.9. The van der Waals surface area contributed by atoms with Crippen molar-refractivity contribution >= 4 is 17.2 Å². The molecule has 4 nitrogen and oxygen atoms in total. The van der Waals surface area contributed by atoms with Crippen LogP contribution >= 0.6 is 0 Å². The van der Waals surface area contributed by atoms with Gasteiger partial charge >= 0.3 is 0 Å². The van der Waals surface area contributed by atoms with E-state index in [2.05, 4.69) is 23.1 Å². The Morgan fingerprint density at radius 2 is 1.64 bits per heavy atom. The maximum absolute atomic E-state index is 13.1. The van der Waals surface area contributed by atoms with Gasteiger partial charge in [-0.15, -0.1) is 0 Å². The lowest BCUT2D eigenvalue weighted by Gasteiger charge is -2.31. The van der Waals surface area contributed by atoms with E-state index in [1.807, 2.05) is 47.4 Å². The predicted molar refractivity (Wildman–Crippen MR) is 99.8 cm³/mol. The van der Waals surface area contributed by atoms with Crippen LogP contribution in [0.3, 0.4) is 0 Å². The number of amides is 1. The van der Waals surface area contributed by atoms with E-state index in [1.54, 1.807) is 0 Å². The molecule has 2 heterocycles. The van der Waals surface area contributed by atoms with E-state index in [9.17, 15) is 4.79 Å². The fraction of sp³-hybridized carbons (Fsp3) is 0.286. The molecule has 1 saturated heterocycles. The van der Waals surface area contributed by atoms with E-state index in [4.69, 9.17) is 4.74 Å². The van der Waals surface area contributed by atoms with Gasteiger partial charge in [-0.3, -0.25) is 4.79 Å². The van der Waals surface area contributed by atoms with Crippen molar-refractivity contribution in [2.75, 3.05) is 44.3 Å². The van der Waals surface area contributed by atoms with Gasteiger partial charge in [-0.2, -0.15) is 0 Å². The van der Waals surface area contributed by atoms with E-state index in [0.29, 0.717) is 26.3 Å². The predicted octanol–water partition coefficient (Wildman–Crippen LogP) is 3.06. The van der Waals surface area contributed by atoms with Crippen molar-refractivity contribution in [1.82, 2.24) is 4.90 Å². The minimum absolute atomic E-state index is 0.101. The number of morpholine rings is 1. The molecule has 4 heteroatoms. The number of hydrogen-bond acceptors (Lipinski definition) is 3. The second kappa shape index (κ2) is 7.11. The normalized spacial score (nSPS) is 17.5. The summed E-state index contributed by atoms with van der Waals surface area (Å²) in [7, 11) is 0. The van der Waals surface area contributed by atoms with Gasteiger partial charge in [0, 0.05) is 31.9 Å². The summed E-state index contributed by atoms with van der Waals surface area (Å²) in [5, 5.41) is 0. The molecule has 0 N–H and O–H groups in total. The van der Waals surface area contributed by atoms with Crippen LogP contribution in [0.25, 0.3) is 5.57 Å². The van der Waals surface area contributed by atoms with E-state index in [1.165, 1.54) is 11.1 Å². The monoisotopic (exact) mass is 334 g/mol. The summed E-state index contributed by atoms with van der Waals surface area (Å²) >= 11 is 0. The standard InChI is InChI=1S/C21H22N2O2/c24-21(23-11-10-18(16-23)17-6-2-1-3-7-17)19-8-4-5-9-20(19)22-12-14-25-15-13-22/h1-10H,11-16H2. The molecule has 1 fully saturated rings. The molecular weight excluding hydrogens is 312 g/mol. The number of carbonyl (C=O) groups excluding carboxylic acids is 1. The first-order valence-electron chi connectivity index (χ1n) is 8.78. The van der Waals surface area contributed by atoms with Crippen LogP contribution in [0.5, 0.6) is 0 Å². The minimum Gasteiger partial charge on any atom is -0.378 e. The van der Waals surface area contributed by atoms with Gasteiger partial charge in [0.1, 0.15) is 0 Å². The third kappa shape index (κ3) is 3.30. The molecule has 128 valence electrons. The molecule has 25 heavy (non-hydrogen) atoms. The van der Waals surface area contributed by atoms with Crippen molar-refractivity contribution in [3.63, 3.8) is 0 Å². The van der Waals surface area contributed by atoms with Crippen LogP contribution in [-0.4, -0.2) is 50.2 Å². The van der Waals surface area contributed by atoms with Gasteiger partial charge in [0.05, 0.1) is 18.8 Å². The molecule has 0 aromatic heterocycles. The number of nitrogens with zero attached hydrogens (tertiary/aromatic N) is 2. The smallest absolute Gasteiger partial charge is 0.256 e. The Labute approximate surface area is 148 Å². The number of anilines is 1. The SMILES string of the molecule is O=C(c1ccccc1N1CCOCC1)N1CC=C(c2ccccc2)C1. The van der Waals surface area contributed by atoms with Crippen molar-refractivity contribution in [3.8, 4) is 0 Å². The Balaban J connectivity index is 1.53. The van der Waals surface area contributed by atoms with E-state index < -0.39 is 0 Å². The minimum atomic E-state index is 0.101. The quantitative estimate of drug-likeness (QED) is 0.865. The molecule has 2 aliphatic rings. The van der Waals surface area contributed by atoms with E-state index in [0.717, 1.165) is 24.3 Å². The maximum Gasteiger partial charge on any atom is 0.256 e. The van der Waals surface area contributed by atoms with E-state index in [-0.39, 0.29) is 5.91 Å². The summed E-state index contributed by atoms with van der Waals surface area (Å²) < 4.78 is 5.44. The average molecular weight is 334 g/mol. The molecule has 2 aromatic carbocycles. The summed E-state index contributed by atoms with van der Waals surface area (Å²) in [6, 6.07) is 18.2. The van der Waals surface area contributed by atoms with Crippen LogP contribution in [0, 0.1) is 0 Å². The lowest BCUT2D eigenvalue weighted by Crippen LogP contribution is -2.38. The molecule has 0 bridgehead atoms.